The lowest BCUT2D eigenvalue weighted by molar-refractivity contribution is 0.0882. The van der Waals surface area contributed by atoms with Crippen molar-refractivity contribution in [1.82, 2.24) is 10.2 Å². The molecule has 1 fully saturated rings. The smallest absolute Gasteiger partial charge is 0.0478 e. The molecule has 0 aromatic carbocycles. The fraction of sp³-hybridized carbons (Fsp3) is 1.00. The molecule has 1 saturated heterocycles. The molecule has 1 aliphatic heterocycles. The lowest BCUT2D eigenvalue weighted by atomic mass is 10.0. The Hall–Kier alpha value is -0.120. The van der Waals surface area contributed by atoms with Crippen LogP contribution in [0.1, 0.15) is 59.3 Å². The molecular formula is C16H34N2O. The zero-order valence-corrected chi connectivity index (χ0v) is 13.3. The minimum absolute atomic E-state index is 0.703. The molecule has 0 saturated carbocycles. The fourth-order valence-corrected chi connectivity index (χ4v) is 2.86. The van der Waals surface area contributed by atoms with Gasteiger partial charge in [-0.15, -0.1) is 0 Å². The molecule has 0 amide bonds. The van der Waals surface area contributed by atoms with E-state index in [-0.39, 0.29) is 0 Å². The highest BCUT2D eigenvalue weighted by Crippen LogP contribution is 2.13. The van der Waals surface area contributed by atoms with Crippen LogP contribution in [0, 0.1) is 0 Å². The molecule has 0 spiro atoms. The van der Waals surface area contributed by atoms with Gasteiger partial charge in [-0.25, -0.2) is 0 Å². The molecule has 114 valence electrons. The molecule has 3 heteroatoms. The van der Waals surface area contributed by atoms with Crippen molar-refractivity contribution in [1.29, 1.82) is 0 Å². The standard InChI is InChI=1S/C16H34N2O/c1-4-7-11-19-12-8-10-18-14-15(9-5-2)17-13-16(18)6-3/h15-17H,4-14H2,1-3H3. The first-order chi connectivity index (χ1) is 9.31. The number of hydrogen-bond acceptors (Lipinski definition) is 3. The Bertz CT molecular complexity index is 211. The number of rotatable bonds is 10. The average Bonchev–Trinajstić information content (AvgIpc) is 2.43. The summed E-state index contributed by atoms with van der Waals surface area (Å²) in [6, 6.07) is 1.43. The van der Waals surface area contributed by atoms with Gasteiger partial charge < -0.3 is 10.1 Å². The largest absolute Gasteiger partial charge is 0.381 e. The Morgan fingerprint density at radius 3 is 2.58 bits per heavy atom. The molecule has 0 aromatic rings. The molecule has 1 aliphatic rings. The van der Waals surface area contributed by atoms with E-state index in [1.54, 1.807) is 0 Å². The first kappa shape index (κ1) is 16.9. The van der Waals surface area contributed by atoms with Crippen LogP contribution in [0.5, 0.6) is 0 Å². The summed E-state index contributed by atoms with van der Waals surface area (Å²) in [5.41, 5.74) is 0. The Labute approximate surface area is 120 Å². The van der Waals surface area contributed by atoms with Gasteiger partial charge in [0.15, 0.2) is 0 Å². The predicted molar refractivity (Wildman–Crippen MR) is 82.7 cm³/mol. The molecule has 1 N–H and O–H groups in total. The zero-order valence-electron chi connectivity index (χ0n) is 13.3. The molecule has 19 heavy (non-hydrogen) atoms. The first-order valence-electron chi connectivity index (χ1n) is 8.36. The monoisotopic (exact) mass is 270 g/mol. The Balaban J connectivity index is 2.19. The second-order valence-corrected chi connectivity index (χ2v) is 5.77. The van der Waals surface area contributed by atoms with Crippen molar-refractivity contribution in [3.63, 3.8) is 0 Å². The van der Waals surface area contributed by atoms with E-state index in [2.05, 4.69) is 31.0 Å². The molecule has 0 aromatic heterocycles. The number of nitrogens with zero attached hydrogens (tertiary/aromatic N) is 1. The van der Waals surface area contributed by atoms with Crippen molar-refractivity contribution in [2.75, 3.05) is 32.8 Å². The summed E-state index contributed by atoms with van der Waals surface area (Å²) < 4.78 is 5.67. The van der Waals surface area contributed by atoms with Crippen LogP contribution in [0.4, 0.5) is 0 Å². The van der Waals surface area contributed by atoms with Gasteiger partial charge in [-0.3, -0.25) is 4.90 Å². The molecule has 0 bridgehead atoms. The molecule has 2 unspecified atom stereocenters. The number of unbranched alkanes of at least 4 members (excludes halogenated alkanes) is 1. The van der Waals surface area contributed by atoms with Crippen LogP contribution in [-0.2, 0) is 4.74 Å². The zero-order chi connectivity index (χ0) is 13.9. The molecule has 2 atom stereocenters. The highest BCUT2D eigenvalue weighted by molar-refractivity contribution is 4.85. The van der Waals surface area contributed by atoms with E-state index in [4.69, 9.17) is 4.74 Å². The maximum Gasteiger partial charge on any atom is 0.0478 e. The van der Waals surface area contributed by atoms with E-state index in [9.17, 15) is 0 Å². The second kappa shape index (κ2) is 10.6. The van der Waals surface area contributed by atoms with Crippen LogP contribution in [0.25, 0.3) is 0 Å². The Morgan fingerprint density at radius 1 is 1.11 bits per heavy atom. The van der Waals surface area contributed by atoms with Crippen molar-refractivity contribution in [2.24, 2.45) is 0 Å². The number of piperazine rings is 1. The molecule has 1 heterocycles. The maximum atomic E-state index is 5.67. The summed E-state index contributed by atoms with van der Waals surface area (Å²) in [6.45, 7) is 12.2. The molecule has 0 radical (unpaired) electrons. The van der Waals surface area contributed by atoms with Crippen LogP contribution in [-0.4, -0.2) is 49.8 Å². The Kier molecular flexibility index (Phi) is 9.48. The average molecular weight is 270 g/mol. The van der Waals surface area contributed by atoms with Gasteiger partial charge in [0, 0.05) is 44.9 Å². The highest BCUT2D eigenvalue weighted by atomic mass is 16.5. The van der Waals surface area contributed by atoms with Gasteiger partial charge in [0.2, 0.25) is 0 Å². The molecule has 3 nitrogen and oxygen atoms in total. The summed E-state index contributed by atoms with van der Waals surface area (Å²) in [4.78, 5) is 2.68. The van der Waals surface area contributed by atoms with E-state index in [1.165, 1.54) is 51.6 Å². The summed E-state index contributed by atoms with van der Waals surface area (Å²) in [5, 5.41) is 3.70. The molecule has 1 rings (SSSR count). The second-order valence-electron chi connectivity index (χ2n) is 5.77. The van der Waals surface area contributed by atoms with Gasteiger partial charge in [-0.1, -0.05) is 33.6 Å². The number of nitrogens with one attached hydrogen (secondary N) is 1. The third-order valence-electron chi connectivity index (χ3n) is 4.10. The van der Waals surface area contributed by atoms with Crippen molar-refractivity contribution in [3.8, 4) is 0 Å². The van der Waals surface area contributed by atoms with Crippen LogP contribution >= 0.6 is 0 Å². The predicted octanol–water partition coefficient (Wildman–Crippen LogP) is 3.05. The lowest BCUT2D eigenvalue weighted by Crippen LogP contribution is -2.56. The normalized spacial score (nSPS) is 24.8. The summed E-state index contributed by atoms with van der Waals surface area (Å²) >= 11 is 0. The van der Waals surface area contributed by atoms with Crippen molar-refractivity contribution >= 4 is 0 Å². The van der Waals surface area contributed by atoms with E-state index in [0.29, 0.717) is 6.04 Å². The quantitative estimate of drug-likeness (QED) is 0.618. The van der Waals surface area contributed by atoms with Crippen LogP contribution in [0.3, 0.4) is 0 Å². The summed E-state index contributed by atoms with van der Waals surface area (Å²) in [5.74, 6) is 0. The number of hydrogen-bond donors (Lipinski definition) is 1. The lowest BCUT2D eigenvalue weighted by Gasteiger charge is -2.40. The van der Waals surface area contributed by atoms with Gasteiger partial charge in [-0.2, -0.15) is 0 Å². The summed E-state index contributed by atoms with van der Waals surface area (Å²) in [7, 11) is 0. The van der Waals surface area contributed by atoms with Gasteiger partial charge in [0.1, 0.15) is 0 Å². The van der Waals surface area contributed by atoms with Gasteiger partial charge in [0.25, 0.3) is 0 Å². The highest BCUT2D eigenvalue weighted by Gasteiger charge is 2.25. The van der Waals surface area contributed by atoms with Crippen LogP contribution < -0.4 is 5.32 Å². The Morgan fingerprint density at radius 2 is 1.89 bits per heavy atom. The maximum absolute atomic E-state index is 5.67. The van der Waals surface area contributed by atoms with Crippen LogP contribution in [0.2, 0.25) is 0 Å². The van der Waals surface area contributed by atoms with Crippen molar-refractivity contribution in [3.05, 3.63) is 0 Å². The molecule has 0 aliphatic carbocycles. The first-order valence-corrected chi connectivity index (χ1v) is 8.36. The molecular weight excluding hydrogens is 236 g/mol. The third kappa shape index (κ3) is 6.73. The van der Waals surface area contributed by atoms with Crippen LogP contribution in [0.15, 0.2) is 0 Å². The van der Waals surface area contributed by atoms with Crippen molar-refractivity contribution in [2.45, 2.75) is 71.4 Å². The van der Waals surface area contributed by atoms with Crippen molar-refractivity contribution < 1.29 is 4.74 Å². The van der Waals surface area contributed by atoms with E-state index in [1.807, 2.05) is 0 Å². The van der Waals surface area contributed by atoms with E-state index >= 15 is 0 Å². The van der Waals surface area contributed by atoms with Gasteiger partial charge >= 0.3 is 0 Å². The fourth-order valence-electron chi connectivity index (χ4n) is 2.86. The topological polar surface area (TPSA) is 24.5 Å². The van der Waals surface area contributed by atoms with Gasteiger partial charge in [-0.05, 0) is 25.7 Å². The third-order valence-corrected chi connectivity index (χ3v) is 4.10. The SMILES string of the molecule is CCCCOCCCN1CC(CCC)NCC1CC. The minimum atomic E-state index is 0.703. The minimum Gasteiger partial charge on any atom is -0.381 e. The van der Waals surface area contributed by atoms with Gasteiger partial charge in [0.05, 0.1) is 0 Å². The van der Waals surface area contributed by atoms with E-state index < -0.39 is 0 Å². The summed E-state index contributed by atoms with van der Waals surface area (Å²) in [6.07, 6.45) is 7.45. The number of ether oxygens (including phenoxy) is 1. The van der Waals surface area contributed by atoms with E-state index in [0.717, 1.165) is 25.8 Å².